The van der Waals surface area contributed by atoms with Crippen molar-refractivity contribution in [2.75, 3.05) is 6.54 Å². The number of nitrogens with one attached hydrogen (secondary N) is 1. The maximum atomic E-state index is 11.4. The van der Waals surface area contributed by atoms with E-state index < -0.39 is 0 Å². The van der Waals surface area contributed by atoms with E-state index in [1.165, 1.54) is 19.1 Å². The normalized spacial score (nSPS) is 17.8. The van der Waals surface area contributed by atoms with Crippen LogP contribution in [0.2, 0.25) is 0 Å². The van der Waals surface area contributed by atoms with Crippen LogP contribution in [0.25, 0.3) is 0 Å². The van der Waals surface area contributed by atoms with Crippen LogP contribution in [0.3, 0.4) is 0 Å². The van der Waals surface area contributed by atoms with Crippen LogP contribution in [0.1, 0.15) is 23.4 Å². The molecule has 4 nitrogen and oxygen atoms in total. The van der Waals surface area contributed by atoms with Crippen LogP contribution in [0, 0.1) is 5.92 Å². The molecule has 1 unspecified atom stereocenters. The number of rotatable bonds is 4. The second-order valence-electron chi connectivity index (χ2n) is 3.69. The van der Waals surface area contributed by atoms with Crippen molar-refractivity contribution in [3.8, 4) is 0 Å². The molecule has 3 N–H and O–H groups in total. The largest absolute Gasteiger partial charge is 0.459 e. The van der Waals surface area contributed by atoms with Gasteiger partial charge in [0.1, 0.15) is 0 Å². The second-order valence-corrected chi connectivity index (χ2v) is 3.69. The fourth-order valence-corrected chi connectivity index (χ4v) is 1.40. The van der Waals surface area contributed by atoms with Gasteiger partial charge in [-0.05, 0) is 30.9 Å². The van der Waals surface area contributed by atoms with Gasteiger partial charge < -0.3 is 15.5 Å². The van der Waals surface area contributed by atoms with Gasteiger partial charge in [0.25, 0.3) is 5.91 Å². The molecular formula is C10H14N2O2. The van der Waals surface area contributed by atoms with Crippen molar-refractivity contribution in [1.29, 1.82) is 0 Å². The van der Waals surface area contributed by atoms with Gasteiger partial charge >= 0.3 is 0 Å². The lowest BCUT2D eigenvalue weighted by molar-refractivity contribution is 0.0922. The summed E-state index contributed by atoms with van der Waals surface area (Å²) in [5.41, 5.74) is 5.84. The van der Waals surface area contributed by atoms with Crippen LogP contribution >= 0.6 is 0 Å². The van der Waals surface area contributed by atoms with Crippen LogP contribution in [-0.4, -0.2) is 18.5 Å². The van der Waals surface area contributed by atoms with Crippen LogP contribution in [0.4, 0.5) is 0 Å². The van der Waals surface area contributed by atoms with Gasteiger partial charge in [-0.3, -0.25) is 4.79 Å². The van der Waals surface area contributed by atoms with E-state index >= 15 is 0 Å². The summed E-state index contributed by atoms with van der Waals surface area (Å²) >= 11 is 0. The number of carbonyl (C=O) groups excluding carboxylic acids is 1. The lowest BCUT2D eigenvalue weighted by Crippen LogP contribution is -2.38. The number of amides is 1. The van der Waals surface area contributed by atoms with Crippen molar-refractivity contribution in [3.05, 3.63) is 24.2 Å². The highest BCUT2D eigenvalue weighted by Gasteiger charge is 2.28. The van der Waals surface area contributed by atoms with Crippen LogP contribution in [0.5, 0.6) is 0 Å². The maximum Gasteiger partial charge on any atom is 0.287 e. The smallest absolute Gasteiger partial charge is 0.287 e. The molecule has 0 spiro atoms. The Morgan fingerprint density at radius 2 is 2.50 bits per heavy atom. The first-order chi connectivity index (χ1) is 6.77. The molecule has 1 saturated carbocycles. The summed E-state index contributed by atoms with van der Waals surface area (Å²) in [6.07, 6.45) is 3.87. The van der Waals surface area contributed by atoms with Crippen molar-refractivity contribution in [2.45, 2.75) is 18.9 Å². The van der Waals surface area contributed by atoms with Gasteiger partial charge in [0.15, 0.2) is 5.76 Å². The third kappa shape index (κ3) is 2.14. The molecule has 0 radical (unpaired) electrons. The SMILES string of the molecule is NC(CNC(=O)c1ccco1)C1CC1. The van der Waals surface area contributed by atoms with E-state index in [-0.39, 0.29) is 11.9 Å². The van der Waals surface area contributed by atoms with Crippen molar-refractivity contribution in [3.63, 3.8) is 0 Å². The zero-order chi connectivity index (χ0) is 9.97. The molecule has 76 valence electrons. The lowest BCUT2D eigenvalue weighted by atomic mass is 10.2. The fourth-order valence-electron chi connectivity index (χ4n) is 1.40. The van der Waals surface area contributed by atoms with Gasteiger partial charge in [0.05, 0.1) is 6.26 Å². The Balaban J connectivity index is 1.77. The Kier molecular flexibility index (Phi) is 2.54. The van der Waals surface area contributed by atoms with Crippen LogP contribution < -0.4 is 11.1 Å². The fraction of sp³-hybridized carbons (Fsp3) is 0.500. The lowest BCUT2D eigenvalue weighted by Gasteiger charge is -2.10. The van der Waals surface area contributed by atoms with E-state index in [1.807, 2.05) is 0 Å². The molecule has 1 atom stereocenters. The van der Waals surface area contributed by atoms with E-state index in [0.717, 1.165) is 0 Å². The van der Waals surface area contributed by atoms with Gasteiger partial charge in [-0.15, -0.1) is 0 Å². The zero-order valence-corrected chi connectivity index (χ0v) is 7.90. The highest BCUT2D eigenvalue weighted by molar-refractivity contribution is 5.91. The molecule has 1 aliphatic carbocycles. The summed E-state index contributed by atoms with van der Waals surface area (Å²) in [6.45, 7) is 0.532. The van der Waals surface area contributed by atoms with Crippen molar-refractivity contribution in [1.82, 2.24) is 5.32 Å². The number of hydrogen-bond donors (Lipinski definition) is 2. The Morgan fingerprint density at radius 1 is 1.71 bits per heavy atom. The number of hydrogen-bond acceptors (Lipinski definition) is 3. The summed E-state index contributed by atoms with van der Waals surface area (Å²) in [5.74, 6) is 0.756. The van der Waals surface area contributed by atoms with E-state index in [9.17, 15) is 4.79 Å². The maximum absolute atomic E-state index is 11.4. The van der Waals surface area contributed by atoms with Crippen molar-refractivity contribution in [2.24, 2.45) is 11.7 Å². The average molecular weight is 194 g/mol. The Bertz CT molecular complexity index is 304. The van der Waals surface area contributed by atoms with Gasteiger partial charge in [-0.1, -0.05) is 0 Å². The Labute approximate surface area is 82.5 Å². The quantitative estimate of drug-likeness (QED) is 0.743. The second kappa shape index (κ2) is 3.84. The van der Waals surface area contributed by atoms with E-state index in [1.54, 1.807) is 12.1 Å². The van der Waals surface area contributed by atoms with E-state index in [0.29, 0.717) is 18.2 Å². The summed E-state index contributed by atoms with van der Waals surface area (Å²) < 4.78 is 4.95. The monoisotopic (exact) mass is 194 g/mol. The number of furan rings is 1. The standard InChI is InChI=1S/C10H14N2O2/c11-8(7-3-4-7)6-12-10(13)9-2-1-5-14-9/h1-2,5,7-8H,3-4,6,11H2,(H,12,13). The molecule has 1 aromatic heterocycles. The molecule has 0 aromatic carbocycles. The molecule has 1 aromatic rings. The zero-order valence-electron chi connectivity index (χ0n) is 7.90. The molecular weight excluding hydrogens is 180 g/mol. The number of nitrogens with two attached hydrogens (primary N) is 1. The van der Waals surface area contributed by atoms with Crippen molar-refractivity contribution < 1.29 is 9.21 Å². The molecule has 1 amide bonds. The first-order valence-electron chi connectivity index (χ1n) is 4.84. The first-order valence-corrected chi connectivity index (χ1v) is 4.84. The highest BCUT2D eigenvalue weighted by Crippen LogP contribution is 2.31. The predicted octanol–water partition coefficient (Wildman–Crippen LogP) is 0.747. The average Bonchev–Trinajstić information content (AvgIpc) is 2.90. The summed E-state index contributed by atoms with van der Waals surface area (Å²) in [4.78, 5) is 11.4. The predicted molar refractivity (Wildman–Crippen MR) is 51.7 cm³/mol. The van der Waals surface area contributed by atoms with Gasteiger partial charge in [-0.25, -0.2) is 0 Å². The minimum Gasteiger partial charge on any atom is -0.459 e. The molecule has 0 aliphatic heterocycles. The van der Waals surface area contributed by atoms with Crippen LogP contribution in [-0.2, 0) is 0 Å². The highest BCUT2D eigenvalue weighted by atomic mass is 16.3. The molecule has 2 rings (SSSR count). The molecule has 14 heavy (non-hydrogen) atoms. The number of carbonyl (C=O) groups is 1. The Morgan fingerprint density at radius 3 is 3.07 bits per heavy atom. The van der Waals surface area contributed by atoms with Crippen molar-refractivity contribution >= 4 is 5.91 Å². The summed E-state index contributed by atoms with van der Waals surface area (Å²) in [5, 5.41) is 2.75. The summed E-state index contributed by atoms with van der Waals surface area (Å²) in [6, 6.07) is 3.42. The molecule has 1 heterocycles. The van der Waals surface area contributed by atoms with Crippen LogP contribution in [0.15, 0.2) is 22.8 Å². The molecule has 4 heteroatoms. The van der Waals surface area contributed by atoms with Gasteiger partial charge in [-0.2, -0.15) is 0 Å². The van der Waals surface area contributed by atoms with E-state index in [4.69, 9.17) is 10.2 Å². The van der Waals surface area contributed by atoms with Gasteiger partial charge in [0, 0.05) is 12.6 Å². The third-order valence-corrected chi connectivity index (χ3v) is 2.47. The minimum absolute atomic E-state index is 0.0916. The molecule has 1 aliphatic rings. The Hall–Kier alpha value is -1.29. The topological polar surface area (TPSA) is 68.3 Å². The third-order valence-electron chi connectivity index (χ3n) is 2.47. The molecule has 1 fully saturated rings. The molecule has 0 saturated heterocycles. The minimum atomic E-state index is -0.189. The first kappa shape index (κ1) is 9.27. The van der Waals surface area contributed by atoms with Gasteiger partial charge in [0.2, 0.25) is 0 Å². The molecule has 0 bridgehead atoms. The summed E-state index contributed by atoms with van der Waals surface area (Å²) in [7, 11) is 0. The van der Waals surface area contributed by atoms with E-state index in [2.05, 4.69) is 5.32 Å².